The summed E-state index contributed by atoms with van der Waals surface area (Å²) in [5.74, 6) is 20.5. The summed E-state index contributed by atoms with van der Waals surface area (Å²) in [6.45, 7) is 26.5. The van der Waals surface area contributed by atoms with Crippen LogP contribution >= 0.6 is 0 Å². The molecule has 0 aromatic carbocycles. The molecule has 0 bridgehead atoms. The molecule has 4 heteroatoms. The van der Waals surface area contributed by atoms with Gasteiger partial charge in [-0.25, -0.2) is 0 Å². The Morgan fingerprint density at radius 1 is 0.279 bits per heavy atom. The van der Waals surface area contributed by atoms with Crippen LogP contribution in [-0.2, 0) is 0 Å². The first-order chi connectivity index (χ1) is 41.7. The molecule has 6 saturated carbocycles. The largest absolute Gasteiger partial charge is 0.151 e. The summed E-state index contributed by atoms with van der Waals surface area (Å²) in [7, 11) is 0. The third-order valence-corrected chi connectivity index (χ3v) is 27.7. The molecule has 22 atom stereocenters. The topological polar surface area (TPSA) is 58.9 Å². The second-order valence-corrected chi connectivity index (χ2v) is 34.7. The van der Waals surface area contributed by atoms with Gasteiger partial charge in [-0.2, -0.15) is 9.81 Å². The Labute approximate surface area is 538 Å². The highest BCUT2D eigenvalue weighted by atomic mass is 16.3. The predicted octanol–water partition coefficient (Wildman–Crippen LogP) is 27.1. The van der Waals surface area contributed by atoms with E-state index in [-0.39, 0.29) is 0 Å². The minimum Gasteiger partial charge on any atom is -0.151 e. The SMILES string of the molecule is CCCC(C)CCCC1CCC(C(C)CCCC(C)CCC(CCCC(C)C2CCC(C3CCC(CCN=O)C3)C2)CCC(CCCC(C)C2CCC(C3CCC(CCC)C3)C2)CCC(C)CCCC(C)C2CCC(CCCC(C)CCN=O)C2)C1. The highest BCUT2D eigenvalue weighted by Crippen LogP contribution is 2.50. The molecule has 502 valence electrons. The van der Waals surface area contributed by atoms with Crippen molar-refractivity contribution < 1.29 is 0 Å². The fourth-order valence-electron chi connectivity index (χ4n) is 21.2. The van der Waals surface area contributed by atoms with E-state index in [4.69, 9.17) is 0 Å². The van der Waals surface area contributed by atoms with E-state index in [2.05, 4.69) is 79.6 Å². The van der Waals surface area contributed by atoms with E-state index in [0.717, 1.165) is 137 Å². The first-order valence-corrected chi connectivity index (χ1v) is 40.3. The Bertz CT molecular complexity index is 1710. The summed E-state index contributed by atoms with van der Waals surface area (Å²) < 4.78 is 0. The van der Waals surface area contributed by atoms with E-state index in [0.29, 0.717) is 19.0 Å². The second-order valence-electron chi connectivity index (χ2n) is 34.7. The van der Waals surface area contributed by atoms with Crippen molar-refractivity contribution in [2.24, 2.45) is 141 Å². The Morgan fingerprint density at radius 2 is 0.616 bits per heavy atom. The summed E-state index contributed by atoms with van der Waals surface area (Å²) in [6, 6.07) is 0. The molecule has 0 aliphatic heterocycles. The number of nitrogens with zero attached hydrogens (tertiary/aromatic N) is 2. The lowest BCUT2D eigenvalue weighted by Gasteiger charge is -2.26. The van der Waals surface area contributed by atoms with Gasteiger partial charge in [-0.15, -0.1) is 0 Å². The molecule has 4 nitrogen and oxygen atoms in total. The molecule has 6 aliphatic rings. The van der Waals surface area contributed by atoms with Gasteiger partial charge < -0.3 is 0 Å². The Balaban J connectivity index is 0.996. The highest BCUT2D eigenvalue weighted by molar-refractivity contribution is 4.90. The standard InChI is InChI=1S/C82H152N2O2/c1-11-19-61(3)23-15-31-72-39-43-75(55-72)65(7)25-13-21-62(4)34-36-70(30-18-28-68(10)78-48-50-82(60-78)80-46-42-74(58-80)52-54-84-86)38-37-69(29-17-27-67(9)77-47-49-81(59-77)79-45-41-71(57-79)20-12-2)35-33-63(5)22-14-26-66(8)76-44-40-73(56-76)32-16-24-64(6)51-53-83-85/h61-82H,11-60H2,1-10H3. The van der Waals surface area contributed by atoms with Crippen LogP contribution in [0.25, 0.3) is 0 Å². The van der Waals surface area contributed by atoms with Crippen LogP contribution in [0.15, 0.2) is 10.4 Å². The predicted molar refractivity (Wildman–Crippen MR) is 376 cm³/mol. The van der Waals surface area contributed by atoms with Crippen molar-refractivity contribution in [1.29, 1.82) is 0 Å². The lowest BCUT2D eigenvalue weighted by molar-refractivity contribution is 0.255. The van der Waals surface area contributed by atoms with E-state index in [1.165, 1.54) is 270 Å². The van der Waals surface area contributed by atoms with Crippen molar-refractivity contribution in [3.05, 3.63) is 9.81 Å². The van der Waals surface area contributed by atoms with Crippen molar-refractivity contribution in [2.75, 3.05) is 13.1 Å². The van der Waals surface area contributed by atoms with E-state index < -0.39 is 0 Å². The summed E-state index contributed by atoms with van der Waals surface area (Å²) in [5.41, 5.74) is 0. The van der Waals surface area contributed by atoms with Gasteiger partial charge in [0.15, 0.2) is 0 Å². The zero-order valence-electron chi connectivity index (χ0n) is 59.8. The Hall–Kier alpha value is -0.800. The molecule has 86 heavy (non-hydrogen) atoms. The molecule has 0 amide bonds. The molecule has 0 N–H and O–H groups in total. The van der Waals surface area contributed by atoms with Crippen LogP contribution < -0.4 is 0 Å². The van der Waals surface area contributed by atoms with Crippen LogP contribution in [-0.4, -0.2) is 13.1 Å². The zero-order chi connectivity index (χ0) is 61.5. The molecule has 22 unspecified atom stereocenters. The Morgan fingerprint density at radius 3 is 1.06 bits per heavy atom. The molecule has 6 aliphatic carbocycles. The summed E-state index contributed by atoms with van der Waals surface area (Å²) in [4.78, 5) is 21.5. The normalized spacial score (nSPS) is 31.4. The van der Waals surface area contributed by atoms with Gasteiger partial charge >= 0.3 is 0 Å². The molecular weight excluding hydrogens is 1040 g/mol. The van der Waals surface area contributed by atoms with Crippen molar-refractivity contribution in [3.63, 3.8) is 0 Å². The van der Waals surface area contributed by atoms with Crippen LogP contribution in [0.2, 0.25) is 0 Å². The van der Waals surface area contributed by atoms with Crippen molar-refractivity contribution >= 4 is 0 Å². The summed E-state index contributed by atoms with van der Waals surface area (Å²) in [5, 5.41) is 6.34. The quantitative estimate of drug-likeness (QED) is 0.0570. The van der Waals surface area contributed by atoms with E-state index >= 15 is 0 Å². The van der Waals surface area contributed by atoms with Crippen LogP contribution in [0.5, 0.6) is 0 Å². The molecule has 6 rings (SSSR count). The number of hydrogen-bond acceptors (Lipinski definition) is 4. The van der Waals surface area contributed by atoms with Gasteiger partial charge in [0.05, 0.1) is 13.1 Å². The lowest BCUT2D eigenvalue weighted by Crippen LogP contribution is -2.14. The number of hydrogen-bond donors (Lipinski definition) is 0. The molecular formula is C82H152N2O2. The highest BCUT2D eigenvalue weighted by Gasteiger charge is 2.39. The fraction of sp³-hybridized carbons (Fsp3) is 1.00. The second kappa shape index (κ2) is 42.4. The zero-order valence-corrected chi connectivity index (χ0v) is 59.8. The molecule has 0 heterocycles. The summed E-state index contributed by atoms with van der Waals surface area (Å²) >= 11 is 0. The van der Waals surface area contributed by atoms with Gasteiger partial charge in [-0.3, -0.25) is 0 Å². The minimum atomic E-state index is 0.497. The maximum Gasteiger partial charge on any atom is 0.0813 e. The maximum absolute atomic E-state index is 10.9. The fourth-order valence-corrected chi connectivity index (χ4v) is 21.2. The molecule has 0 saturated heterocycles. The molecule has 6 fully saturated rings. The van der Waals surface area contributed by atoms with Gasteiger partial charge in [0.1, 0.15) is 0 Å². The van der Waals surface area contributed by atoms with Crippen LogP contribution in [0.1, 0.15) is 377 Å². The van der Waals surface area contributed by atoms with E-state index in [1.54, 1.807) is 25.7 Å². The first kappa shape index (κ1) is 74.2. The van der Waals surface area contributed by atoms with E-state index in [1.807, 2.05) is 0 Å². The van der Waals surface area contributed by atoms with Crippen LogP contribution in [0.3, 0.4) is 0 Å². The van der Waals surface area contributed by atoms with Crippen molar-refractivity contribution in [2.45, 2.75) is 377 Å². The number of rotatable bonds is 49. The molecule has 0 radical (unpaired) electrons. The lowest BCUT2D eigenvalue weighted by atomic mass is 9.79. The number of nitroso groups, excluding NO2 is 2. The minimum absolute atomic E-state index is 0.497. The van der Waals surface area contributed by atoms with Gasteiger partial charge in [0, 0.05) is 0 Å². The average molecular weight is 1200 g/mol. The van der Waals surface area contributed by atoms with Crippen molar-refractivity contribution in [3.8, 4) is 0 Å². The monoisotopic (exact) mass is 1200 g/mol. The van der Waals surface area contributed by atoms with Crippen LogP contribution in [0, 0.1) is 140 Å². The molecule has 0 aromatic heterocycles. The maximum atomic E-state index is 10.9. The first-order valence-electron chi connectivity index (χ1n) is 40.3. The Kier molecular flexibility index (Phi) is 36.6. The smallest absolute Gasteiger partial charge is 0.0813 e. The summed E-state index contributed by atoms with van der Waals surface area (Å²) in [6.07, 6.45) is 69.5. The van der Waals surface area contributed by atoms with Crippen molar-refractivity contribution in [1.82, 2.24) is 0 Å². The van der Waals surface area contributed by atoms with Crippen LogP contribution in [0.4, 0.5) is 0 Å². The average Bonchev–Trinajstić information content (AvgIpc) is 4.58. The molecule has 0 aromatic rings. The van der Waals surface area contributed by atoms with Gasteiger partial charge in [0.2, 0.25) is 0 Å². The van der Waals surface area contributed by atoms with E-state index in [9.17, 15) is 9.81 Å². The third-order valence-electron chi connectivity index (χ3n) is 27.7. The van der Waals surface area contributed by atoms with Gasteiger partial charge in [0.25, 0.3) is 0 Å². The molecule has 0 spiro atoms. The van der Waals surface area contributed by atoms with Gasteiger partial charge in [-0.1, -0.05) is 285 Å². The third kappa shape index (κ3) is 27.8. The van der Waals surface area contributed by atoms with Gasteiger partial charge in [-0.05, 0) is 233 Å².